The molecule has 0 radical (unpaired) electrons. The van der Waals surface area contributed by atoms with Crippen molar-refractivity contribution in [3.63, 3.8) is 0 Å². The van der Waals surface area contributed by atoms with Crippen molar-refractivity contribution in [3.8, 4) is 0 Å². The summed E-state index contributed by atoms with van der Waals surface area (Å²) in [5.41, 5.74) is 0.488. The van der Waals surface area contributed by atoms with Crippen LogP contribution in [0.4, 0.5) is 4.79 Å². The number of rotatable bonds is 15. The Labute approximate surface area is 192 Å². The molecule has 2 N–H and O–H groups in total. The van der Waals surface area contributed by atoms with Gasteiger partial charge in [-0.2, -0.15) is 0 Å². The summed E-state index contributed by atoms with van der Waals surface area (Å²) in [6, 6.07) is 1.93. The molecule has 0 heterocycles. The highest BCUT2D eigenvalue weighted by Crippen LogP contribution is 2.28. The Morgan fingerprint density at radius 1 is 0.903 bits per heavy atom. The van der Waals surface area contributed by atoms with E-state index in [-0.39, 0.29) is 26.8 Å². The van der Waals surface area contributed by atoms with Crippen molar-refractivity contribution in [1.29, 1.82) is 0 Å². The molecule has 2 amide bonds. The maximum atomic E-state index is 12.8. The Bertz CT molecular complexity index is 825. The van der Waals surface area contributed by atoms with Crippen LogP contribution in [0, 0.1) is 6.92 Å². The fourth-order valence-electron chi connectivity index (χ4n) is 3.47. The molecule has 0 bridgehead atoms. The summed E-state index contributed by atoms with van der Waals surface area (Å²) in [4.78, 5) is 24.4. The van der Waals surface area contributed by atoms with Crippen LogP contribution in [-0.4, -0.2) is 26.8 Å². The molecule has 0 fully saturated rings. The molecule has 0 atom stereocenters. The number of unbranched alkanes of at least 4 members (excludes halogenated alkanes) is 8. The number of carbonyl (C=O) groups is 2. The number of hydrogen-bond acceptors (Lipinski definition) is 4. The molecule has 6 nitrogen and oxygen atoms in total. The minimum atomic E-state index is -4.11. The average Bonchev–Trinajstić information content (AvgIpc) is 2.70. The number of amides is 2. The topological polar surface area (TPSA) is 92.3 Å². The van der Waals surface area contributed by atoms with Gasteiger partial charge in [0.25, 0.3) is 10.0 Å². The summed E-state index contributed by atoms with van der Waals surface area (Å²) in [5, 5.41) is 2.69. The molecule has 0 aromatic heterocycles. The lowest BCUT2D eigenvalue weighted by Gasteiger charge is -2.14. The highest BCUT2D eigenvalue weighted by Gasteiger charge is 2.24. The van der Waals surface area contributed by atoms with Gasteiger partial charge in [-0.25, -0.2) is 17.9 Å². The van der Waals surface area contributed by atoms with Gasteiger partial charge >= 0.3 is 6.03 Å². The molecule has 31 heavy (non-hydrogen) atoms. The molecule has 1 rings (SSSR count). The Kier molecular flexibility index (Phi) is 12.8. The van der Waals surface area contributed by atoms with E-state index in [2.05, 4.69) is 12.2 Å². The molecule has 0 spiro atoms. The summed E-state index contributed by atoms with van der Waals surface area (Å²) in [6.45, 7) is 5.98. The standard InChI is InChI=1S/C23H37ClN2O4S/c1-4-6-7-8-9-10-11-12-13-14-20(27)22-18(3)21(16-15-19(22)24)31(29,30)26-23(28)25-17-5-2/h15-16H,4-14,17H2,1-3H3,(H2,25,26,28). The first kappa shape index (κ1) is 27.4. The van der Waals surface area contributed by atoms with E-state index in [9.17, 15) is 18.0 Å². The SMILES string of the molecule is CCCCCCCCCCCC(=O)c1c(Cl)ccc(S(=O)(=O)NC(=O)NCCC)c1C. The number of nitrogens with one attached hydrogen (secondary N) is 2. The molecule has 0 saturated carbocycles. The molecule has 0 unspecified atom stereocenters. The van der Waals surface area contributed by atoms with Crippen LogP contribution in [-0.2, 0) is 10.0 Å². The quantitative estimate of drug-likeness (QED) is 0.236. The first-order valence-corrected chi connectivity index (χ1v) is 13.2. The molecule has 0 aliphatic carbocycles. The minimum absolute atomic E-state index is 0.112. The van der Waals surface area contributed by atoms with Gasteiger partial charge in [-0.3, -0.25) is 4.79 Å². The van der Waals surface area contributed by atoms with E-state index >= 15 is 0 Å². The van der Waals surface area contributed by atoms with E-state index < -0.39 is 16.1 Å². The number of halogens is 1. The van der Waals surface area contributed by atoms with E-state index in [4.69, 9.17) is 11.6 Å². The lowest BCUT2D eigenvalue weighted by atomic mass is 9.99. The largest absolute Gasteiger partial charge is 0.337 e. The van der Waals surface area contributed by atoms with Gasteiger partial charge in [0, 0.05) is 18.5 Å². The van der Waals surface area contributed by atoms with Crippen LogP contribution in [0.2, 0.25) is 5.02 Å². The lowest BCUT2D eigenvalue weighted by molar-refractivity contribution is 0.0978. The van der Waals surface area contributed by atoms with E-state index in [1.807, 2.05) is 11.6 Å². The maximum absolute atomic E-state index is 12.8. The van der Waals surface area contributed by atoms with Crippen molar-refractivity contribution in [3.05, 3.63) is 28.3 Å². The van der Waals surface area contributed by atoms with Gasteiger partial charge in [0.15, 0.2) is 5.78 Å². The second-order valence-electron chi connectivity index (χ2n) is 7.91. The van der Waals surface area contributed by atoms with Crippen molar-refractivity contribution in [1.82, 2.24) is 10.0 Å². The Balaban J connectivity index is 2.68. The fraction of sp³-hybridized carbons (Fsp3) is 0.652. The van der Waals surface area contributed by atoms with Crippen LogP contribution < -0.4 is 10.0 Å². The third kappa shape index (κ3) is 9.60. The molecule has 0 saturated heterocycles. The van der Waals surface area contributed by atoms with Crippen LogP contribution in [0.15, 0.2) is 17.0 Å². The molecular formula is C23H37ClN2O4S. The number of Topliss-reactive ketones (excluding diaryl/α,β-unsaturated/α-hetero) is 1. The first-order valence-electron chi connectivity index (χ1n) is 11.4. The van der Waals surface area contributed by atoms with Gasteiger partial charge in [-0.1, -0.05) is 76.8 Å². The third-order valence-electron chi connectivity index (χ3n) is 5.20. The highest BCUT2D eigenvalue weighted by molar-refractivity contribution is 7.90. The predicted molar refractivity (Wildman–Crippen MR) is 126 cm³/mol. The molecule has 0 aliphatic rings. The lowest BCUT2D eigenvalue weighted by Crippen LogP contribution is -2.40. The second-order valence-corrected chi connectivity index (χ2v) is 9.97. The number of urea groups is 1. The maximum Gasteiger partial charge on any atom is 0.328 e. The predicted octanol–water partition coefficient (Wildman–Crippen LogP) is 6.15. The summed E-state index contributed by atoms with van der Waals surface area (Å²) < 4.78 is 27.2. The third-order valence-corrected chi connectivity index (χ3v) is 6.99. The van der Waals surface area contributed by atoms with Crippen molar-refractivity contribution in [2.24, 2.45) is 0 Å². The van der Waals surface area contributed by atoms with Crippen molar-refractivity contribution >= 4 is 33.4 Å². The zero-order valence-electron chi connectivity index (χ0n) is 19.1. The van der Waals surface area contributed by atoms with Crippen LogP contribution >= 0.6 is 11.6 Å². The van der Waals surface area contributed by atoms with Crippen molar-refractivity contribution in [2.45, 2.75) is 96.3 Å². The Hall–Kier alpha value is -1.60. The molecule has 1 aromatic carbocycles. The summed E-state index contributed by atoms with van der Waals surface area (Å²) in [7, 11) is -4.11. The smallest absolute Gasteiger partial charge is 0.328 e. The minimum Gasteiger partial charge on any atom is -0.337 e. The van der Waals surface area contributed by atoms with Crippen LogP contribution in [0.25, 0.3) is 0 Å². The van der Waals surface area contributed by atoms with Gasteiger partial charge in [0.1, 0.15) is 0 Å². The van der Waals surface area contributed by atoms with Gasteiger partial charge in [-0.05, 0) is 37.5 Å². The molecule has 1 aromatic rings. The van der Waals surface area contributed by atoms with Gasteiger partial charge in [0.2, 0.25) is 0 Å². The zero-order chi connectivity index (χ0) is 23.3. The normalized spacial score (nSPS) is 11.4. The second kappa shape index (κ2) is 14.5. The molecule has 176 valence electrons. The molecular weight excluding hydrogens is 436 g/mol. The van der Waals surface area contributed by atoms with Gasteiger partial charge < -0.3 is 5.32 Å². The van der Waals surface area contributed by atoms with Crippen molar-refractivity contribution in [2.75, 3.05) is 6.54 Å². The monoisotopic (exact) mass is 472 g/mol. The van der Waals surface area contributed by atoms with E-state index in [0.717, 1.165) is 19.3 Å². The van der Waals surface area contributed by atoms with E-state index in [1.165, 1.54) is 50.7 Å². The van der Waals surface area contributed by atoms with Crippen LogP contribution in [0.1, 0.15) is 100 Å². The van der Waals surface area contributed by atoms with Crippen LogP contribution in [0.3, 0.4) is 0 Å². The number of sulfonamides is 1. The van der Waals surface area contributed by atoms with E-state index in [1.54, 1.807) is 6.92 Å². The number of carbonyl (C=O) groups excluding carboxylic acids is 2. The Morgan fingerprint density at radius 3 is 2.06 bits per heavy atom. The summed E-state index contributed by atoms with van der Waals surface area (Å²) in [6.07, 6.45) is 11.3. The first-order chi connectivity index (χ1) is 14.7. The molecule has 0 aliphatic heterocycles. The van der Waals surface area contributed by atoms with Crippen molar-refractivity contribution < 1.29 is 18.0 Å². The number of hydrogen-bond donors (Lipinski definition) is 2. The van der Waals surface area contributed by atoms with E-state index in [0.29, 0.717) is 19.4 Å². The molecule has 8 heteroatoms. The van der Waals surface area contributed by atoms with Crippen LogP contribution in [0.5, 0.6) is 0 Å². The summed E-state index contributed by atoms with van der Waals surface area (Å²) >= 11 is 6.23. The van der Waals surface area contributed by atoms with Gasteiger partial charge in [-0.15, -0.1) is 0 Å². The number of ketones is 1. The fourth-order valence-corrected chi connectivity index (χ4v) is 4.95. The Morgan fingerprint density at radius 2 is 1.48 bits per heavy atom. The van der Waals surface area contributed by atoms with Gasteiger partial charge in [0.05, 0.1) is 9.92 Å². The average molecular weight is 473 g/mol. The zero-order valence-corrected chi connectivity index (χ0v) is 20.6. The number of benzene rings is 1. The highest BCUT2D eigenvalue weighted by atomic mass is 35.5. The summed E-state index contributed by atoms with van der Waals surface area (Å²) in [5.74, 6) is -0.169.